The molecular weight excluding hydrogens is 496 g/mol. The third-order valence-corrected chi connectivity index (χ3v) is 7.24. The molecule has 0 aliphatic carbocycles. The first-order valence-electron chi connectivity index (χ1n) is 12.2. The molecule has 2 aliphatic rings. The first-order valence-corrected chi connectivity index (χ1v) is 13.1. The number of para-hydroxylation sites is 1. The number of rotatable bonds is 7. The molecule has 4 aromatic rings. The highest BCUT2D eigenvalue weighted by Crippen LogP contribution is 2.32. The molecule has 0 saturated heterocycles. The summed E-state index contributed by atoms with van der Waals surface area (Å²) in [5, 5.41) is 16.7. The van der Waals surface area contributed by atoms with Crippen molar-refractivity contribution in [1.29, 1.82) is 5.41 Å². The van der Waals surface area contributed by atoms with E-state index in [1.54, 1.807) is 18.5 Å². The van der Waals surface area contributed by atoms with Gasteiger partial charge in [0.25, 0.3) is 5.91 Å². The summed E-state index contributed by atoms with van der Waals surface area (Å²) in [6.07, 6.45) is 7.98. The maximum Gasteiger partial charge on any atom is 0.283 e. The lowest BCUT2D eigenvalue weighted by Gasteiger charge is -2.20. The molecule has 2 aromatic heterocycles. The summed E-state index contributed by atoms with van der Waals surface area (Å²) in [6, 6.07) is 19.8. The van der Waals surface area contributed by atoms with Gasteiger partial charge in [-0.15, -0.1) is 0 Å². The quantitative estimate of drug-likeness (QED) is 0.257. The van der Waals surface area contributed by atoms with Crippen LogP contribution >= 0.6 is 11.8 Å². The van der Waals surface area contributed by atoms with Crippen molar-refractivity contribution in [3.8, 4) is 5.75 Å². The molecule has 188 valence electrons. The Kier molecular flexibility index (Phi) is 6.35. The second kappa shape index (κ2) is 10.1. The molecule has 0 radical (unpaired) electrons. The highest BCUT2D eigenvalue weighted by atomic mass is 32.2. The highest BCUT2D eigenvalue weighted by Gasteiger charge is 2.36. The van der Waals surface area contributed by atoms with E-state index in [2.05, 4.69) is 25.7 Å². The van der Waals surface area contributed by atoms with Crippen LogP contribution in [0.1, 0.15) is 23.1 Å². The van der Waals surface area contributed by atoms with Crippen molar-refractivity contribution in [2.24, 2.45) is 10.1 Å². The number of nitrogens with zero attached hydrogens (tertiary/aromatic N) is 5. The van der Waals surface area contributed by atoms with Crippen LogP contribution in [-0.4, -0.2) is 43.1 Å². The number of hydrazone groups is 1. The van der Waals surface area contributed by atoms with Crippen molar-refractivity contribution < 1.29 is 9.53 Å². The molecular formula is C29H24N6O2S. The number of pyridine rings is 1. The Labute approximate surface area is 223 Å². The minimum atomic E-state index is -0.445. The van der Waals surface area contributed by atoms with E-state index in [0.29, 0.717) is 16.8 Å². The predicted octanol–water partition coefficient (Wildman–Crippen LogP) is 5.48. The van der Waals surface area contributed by atoms with Crippen molar-refractivity contribution >= 4 is 50.7 Å². The van der Waals surface area contributed by atoms with Crippen LogP contribution in [0.3, 0.4) is 0 Å². The number of hydrogen-bond donors (Lipinski definition) is 1. The largest absolute Gasteiger partial charge is 0.494 e. The monoisotopic (exact) mass is 520 g/mol. The number of carbonyl (C=O) groups is 1. The van der Waals surface area contributed by atoms with Crippen LogP contribution in [0, 0.1) is 12.3 Å². The molecule has 8 nitrogen and oxygen atoms in total. The van der Waals surface area contributed by atoms with Crippen molar-refractivity contribution in [2.45, 2.75) is 19.9 Å². The predicted molar refractivity (Wildman–Crippen MR) is 152 cm³/mol. The fourth-order valence-electron chi connectivity index (χ4n) is 4.46. The fourth-order valence-corrected chi connectivity index (χ4v) is 5.34. The van der Waals surface area contributed by atoms with Crippen molar-refractivity contribution in [2.75, 3.05) is 6.61 Å². The molecule has 4 heterocycles. The minimum absolute atomic E-state index is 0.00905. The molecule has 0 spiro atoms. The summed E-state index contributed by atoms with van der Waals surface area (Å²) in [5.74, 6) is 0.436. The number of carbonyl (C=O) groups excluding carboxylic acids is 1. The third kappa shape index (κ3) is 4.64. The molecule has 1 amide bonds. The molecule has 0 saturated carbocycles. The Morgan fingerprint density at radius 1 is 1.11 bits per heavy atom. The van der Waals surface area contributed by atoms with E-state index in [1.807, 2.05) is 67.7 Å². The average Bonchev–Trinajstić information content (AvgIpc) is 3.51. The van der Waals surface area contributed by atoms with Gasteiger partial charge in [0.05, 0.1) is 12.2 Å². The Balaban J connectivity index is 1.24. The molecule has 0 unspecified atom stereocenters. The van der Waals surface area contributed by atoms with E-state index in [1.165, 1.54) is 22.3 Å². The van der Waals surface area contributed by atoms with Crippen LogP contribution in [0.15, 0.2) is 94.9 Å². The van der Waals surface area contributed by atoms with Crippen LogP contribution in [-0.2, 0) is 11.3 Å². The van der Waals surface area contributed by atoms with Gasteiger partial charge in [-0.2, -0.15) is 15.1 Å². The van der Waals surface area contributed by atoms with Gasteiger partial charge in [0.15, 0.2) is 5.84 Å². The minimum Gasteiger partial charge on any atom is -0.494 e. The number of amidine groups is 2. The summed E-state index contributed by atoms with van der Waals surface area (Å²) in [6.45, 7) is 3.40. The number of nitrogens with one attached hydrogen (secondary N) is 1. The summed E-state index contributed by atoms with van der Waals surface area (Å²) < 4.78 is 8.09. The first kappa shape index (κ1) is 23.9. The van der Waals surface area contributed by atoms with Gasteiger partial charge in [0.2, 0.25) is 5.17 Å². The standard InChI is InChI=1S/C29H24N6O2S/c1-19-7-4-9-22(15-19)37-14-6-13-34-18-21(23-10-2-3-11-25(23)34)16-24-26(30)35-29(32-27(24)36)38-28(33-35)20-8-5-12-31-17-20/h2-5,7-12,15-18,30H,6,13-14H2,1H3/b24-16+,30-26?. The molecule has 1 N–H and O–H groups in total. The van der Waals surface area contributed by atoms with Gasteiger partial charge < -0.3 is 9.30 Å². The van der Waals surface area contributed by atoms with Crippen molar-refractivity contribution in [1.82, 2.24) is 14.6 Å². The van der Waals surface area contributed by atoms with E-state index in [9.17, 15) is 4.79 Å². The lowest BCUT2D eigenvalue weighted by Crippen LogP contribution is -2.35. The lowest BCUT2D eigenvalue weighted by atomic mass is 10.1. The Morgan fingerprint density at radius 3 is 2.84 bits per heavy atom. The van der Waals surface area contributed by atoms with E-state index in [0.717, 1.165) is 40.7 Å². The molecule has 6 rings (SSSR count). The highest BCUT2D eigenvalue weighted by molar-refractivity contribution is 8.27. The molecule has 0 bridgehead atoms. The number of benzene rings is 2. The normalized spacial score (nSPS) is 16.1. The zero-order chi connectivity index (χ0) is 26.1. The Hall–Kier alpha value is -4.50. The van der Waals surface area contributed by atoms with Gasteiger partial charge in [-0.25, -0.2) is 0 Å². The van der Waals surface area contributed by atoms with E-state index < -0.39 is 5.91 Å². The van der Waals surface area contributed by atoms with Gasteiger partial charge in [0.1, 0.15) is 10.8 Å². The van der Waals surface area contributed by atoms with Gasteiger partial charge in [0, 0.05) is 47.2 Å². The van der Waals surface area contributed by atoms with Crippen LogP contribution in [0.25, 0.3) is 17.0 Å². The van der Waals surface area contributed by atoms with Gasteiger partial charge in [-0.3, -0.25) is 15.2 Å². The molecule has 2 aliphatic heterocycles. The number of thioether (sulfide) groups is 1. The topological polar surface area (TPSA) is 95.9 Å². The zero-order valence-corrected chi connectivity index (χ0v) is 21.5. The van der Waals surface area contributed by atoms with Gasteiger partial charge in [-0.05, 0) is 67.1 Å². The lowest BCUT2D eigenvalue weighted by molar-refractivity contribution is -0.114. The molecule has 9 heteroatoms. The Bertz CT molecular complexity index is 1650. The number of ether oxygens (including phenoxy) is 1. The van der Waals surface area contributed by atoms with Crippen LogP contribution in [0.2, 0.25) is 0 Å². The summed E-state index contributed by atoms with van der Waals surface area (Å²) in [4.78, 5) is 21.3. The number of aliphatic imine (C=N–C) groups is 1. The first-order chi connectivity index (χ1) is 18.6. The number of fused-ring (bicyclic) bond motifs is 2. The fraction of sp³-hybridized carbons (Fsp3) is 0.138. The third-order valence-electron chi connectivity index (χ3n) is 6.28. The van der Waals surface area contributed by atoms with Gasteiger partial charge in [-0.1, -0.05) is 30.3 Å². The maximum atomic E-state index is 13.0. The number of aromatic nitrogens is 2. The van der Waals surface area contributed by atoms with Crippen LogP contribution in [0.4, 0.5) is 0 Å². The molecule has 0 fully saturated rings. The number of hydrogen-bond acceptors (Lipinski definition) is 6. The SMILES string of the molecule is Cc1cccc(OCCCn2cc(/C=C3\C(=N)N4N=C(c5cccnc5)SC4=NC3=O)c3ccccc32)c1. The van der Waals surface area contributed by atoms with Crippen molar-refractivity contribution in [3.05, 3.63) is 102 Å². The maximum absolute atomic E-state index is 13.0. The Morgan fingerprint density at radius 2 is 2.00 bits per heavy atom. The average molecular weight is 521 g/mol. The number of amides is 1. The van der Waals surface area contributed by atoms with Crippen LogP contribution in [0.5, 0.6) is 5.75 Å². The van der Waals surface area contributed by atoms with E-state index in [4.69, 9.17) is 10.1 Å². The van der Waals surface area contributed by atoms with E-state index in [-0.39, 0.29) is 11.4 Å². The number of aryl methyl sites for hydroxylation is 2. The molecule has 38 heavy (non-hydrogen) atoms. The second-order valence-corrected chi connectivity index (χ2v) is 9.94. The van der Waals surface area contributed by atoms with Crippen LogP contribution < -0.4 is 4.74 Å². The summed E-state index contributed by atoms with van der Waals surface area (Å²) in [7, 11) is 0. The zero-order valence-electron chi connectivity index (χ0n) is 20.7. The van der Waals surface area contributed by atoms with E-state index >= 15 is 0 Å². The van der Waals surface area contributed by atoms with Gasteiger partial charge >= 0.3 is 0 Å². The molecule has 0 atom stereocenters. The molecule has 2 aromatic carbocycles. The smallest absolute Gasteiger partial charge is 0.283 e. The van der Waals surface area contributed by atoms with Crippen molar-refractivity contribution in [3.63, 3.8) is 0 Å². The summed E-state index contributed by atoms with van der Waals surface area (Å²) >= 11 is 1.26. The summed E-state index contributed by atoms with van der Waals surface area (Å²) in [5.41, 5.74) is 4.10. The second-order valence-electron chi connectivity index (χ2n) is 8.98.